The number of hydrogen-bond donors (Lipinski definition) is 2. The summed E-state index contributed by atoms with van der Waals surface area (Å²) in [6.45, 7) is 5.87. The lowest BCUT2D eigenvalue weighted by molar-refractivity contribution is 0.394. The minimum absolute atomic E-state index is 0. The summed E-state index contributed by atoms with van der Waals surface area (Å²) in [6.07, 6.45) is 6.47. The number of nitrogens with zero attached hydrogens (tertiary/aromatic N) is 2. The number of halogens is 1. The quantitative estimate of drug-likeness (QED) is 0.234. The number of ether oxygens (including phenoxy) is 2. The Morgan fingerprint density at radius 3 is 2.46 bits per heavy atom. The second-order valence-corrected chi connectivity index (χ2v) is 7.49. The predicted octanol–water partition coefficient (Wildman–Crippen LogP) is 3.65. The fourth-order valence-electron chi connectivity index (χ4n) is 3.58. The molecule has 2 N–H and O–H groups in total. The zero-order valence-electron chi connectivity index (χ0n) is 17.4. The number of anilines is 1. The van der Waals surface area contributed by atoms with Crippen molar-refractivity contribution in [2.45, 2.75) is 45.1 Å². The van der Waals surface area contributed by atoms with Crippen LogP contribution >= 0.6 is 24.0 Å². The summed E-state index contributed by atoms with van der Waals surface area (Å²) in [5, 5.41) is 7.00. The van der Waals surface area contributed by atoms with Crippen LogP contribution in [0.2, 0.25) is 0 Å². The molecule has 2 aliphatic rings. The van der Waals surface area contributed by atoms with Crippen molar-refractivity contribution >= 4 is 35.6 Å². The van der Waals surface area contributed by atoms with Crippen molar-refractivity contribution in [3.05, 3.63) is 18.2 Å². The molecule has 1 atom stereocenters. The topological polar surface area (TPSA) is 58.1 Å². The van der Waals surface area contributed by atoms with Gasteiger partial charge in [0.1, 0.15) is 11.5 Å². The van der Waals surface area contributed by atoms with Gasteiger partial charge in [-0.25, -0.2) is 0 Å². The van der Waals surface area contributed by atoms with Crippen LogP contribution in [0.4, 0.5) is 5.69 Å². The third-order valence-corrected chi connectivity index (χ3v) is 5.31. The van der Waals surface area contributed by atoms with Crippen LogP contribution in [0.15, 0.2) is 23.2 Å². The molecule has 1 aromatic carbocycles. The molecule has 0 spiro atoms. The van der Waals surface area contributed by atoms with Gasteiger partial charge in [-0.3, -0.25) is 4.99 Å². The molecule has 0 bridgehead atoms. The molecule has 7 heteroatoms. The van der Waals surface area contributed by atoms with Gasteiger partial charge in [-0.15, -0.1) is 24.0 Å². The van der Waals surface area contributed by atoms with Crippen molar-refractivity contribution in [3.8, 4) is 11.5 Å². The Morgan fingerprint density at radius 1 is 1.14 bits per heavy atom. The van der Waals surface area contributed by atoms with Gasteiger partial charge in [0.05, 0.1) is 14.2 Å². The third kappa shape index (κ3) is 6.90. The van der Waals surface area contributed by atoms with Crippen LogP contribution < -0.4 is 25.0 Å². The molecular weight excluding hydrogens is 467 g/mol. The molecule has 1 saturated carbocycles. The first-order valence-electron chi connectivity index (χ1n) is 10.2. The number of nitrogens with one attached hydrogen (secondary N) is 2. The van der Waals surface area contributed by atoms with Gasteiger partial charge >= 0.3 is 0 Å². The zero-order valence-corrected chi connectivity index (χ0v) is 19.7. The third-order valence-electron chi connectivity index (χ3n) is 5.31. The molecule has 0 amide bonds. The first kappa shape index (κ1) is 22.9. The second-order valence-electron chi connectivity index (χ2n) is 7.49. The van der Waals surface area contributed by atoms with E-state index < -0.39 is 0 Å². The number of hydrogen-bond acceptors (Lipinski definition) is 4. The normalized spacial score (nSPS) is 19.2. The number of benzene rings is 1. The minimum atomic E-state index is 0. The molecule has 1 aromatic rings. The smallest absolute Gasteiger partial charge is 0.191 e. The Bertz CT molecular complexity index is 615. The Morgan fingerprint density at radius 2 is 1.86 bits per heavy atom. The van der Waals surface area contributed by atoms with E-state index in [0.29, 0.717) is 6.04 Å². The van der Waals surface area contributed by atoms with Crippen LogP contribution in [-0.2, 0) is 0 Å². The van der Waals surface area contributed by atoms with E-state index >= 15 is 0 Å². The van der Waals surface area contributed by atoms with Crippen molar-refractivity contribution in [1.82, 2.24) is 10.6 Å². The number of rotatable bonds is 9. The Kier molecular flexibility index (Phi) is 9.47. The fraction of sp³-hybridized carbons (Fsp3) is 0.667. The molecule has 1 aliphatic heterocycles. The van der Waals surface area contributed by atoms with Crippen LogP contribution in [0, 0.1) is 5.92 Å². The number of aliphatic imine (C=N–C) groups is 1. The highest BCUT2D eigenvalue weighted by molar-refractivity contribution is 14.0. The molecule has 1 heterocycles. The average Bonchev–Trinajstić information content (AvgIpc) is 3.41. The van der Waals surface area contributed by atoms with Gasteiger partial charge in [-0.1, -0.05) is 12.8 Å². The van der Waals surface area contributed by atoms with Gasteiger partial charge in [-0.2, -0.15) is 0 Å². The minimum Gasteiger partial charge on any atom is -0.497 e. The lowest BCUT2D eigenvalue weighted by Crippen LogP contribution is -2.44. The monoisotopic (exact) mass is 502 g/mol. The van der Waals surface area contributed by atoms with Gasteiger partial charge in [0, 0.05) is 56.1 Å². The van der Waals surface area contributed by atoms with E-state index in [-0.39, 0.29) is 24.0 Å². The molecule has 0 aromatic heterocycles. The highest BCUT2D eigenvalue weighted by Crippen LogP contribution is 2.33. The SMILES string of the molecule is CCNC(=NCCCC1CC1)NC1CCN(c2cc(OC)cc(OC)c2)C1.I. The van der Waals surface area contributed by atoms with Crippen LogP contribution in [0.5, 0.6) is 11.5 Å². The average molecular weight is 502 g/mol. The first-order valence-corrected chi connectivity index (χ1v) is 10.2. The van der Waals surface area contributed by atoms with E-state index in [1.807, 2.05) is 6.07 Å². The molecule has 3 rings (SSSR count). The lowest BCUT2D eigenvalue weighted by atomic mass is 10.2. The largest absolute Gasteiger partial charge is 0.497 e. The van der Waals surface area contributed by atoms with Gasteiger partial charge in [0.2, 0.25) is 0 Å². The van der Waals surface area contributed by atoms with Gasteiger partial charge in [0.25, 0.3) is 0 Å². The van der Waals surface area contributed by atoms with E-state index in [0.717, 1.165) is 61.7 Å². The van der Waals surface area contributed by atoms with Crippen molar-refractivity contribution in [3.63, 3.8) is 0 Å². The van der Waals surface area contributed by atoms with Crippen molar-refractivity contribution in [2.24, 2.45) is 10.9 Å². The summed E-state index contributed by atoms with van der Waals surface area (Å²) in [5.74, 6) is 3.58. The molecule has 0 radical (unpaired) electrons. The predicted molar refractivity (Wildman–Crippen MR) is 127 cm³/mol. The molecule has 2 fully saturated rings. The summed E-state index contributed by atoms with van der Waals surface area (Å²) in [7, 11) is 3.38. The molecular formula is C21H35IN4O2. The van der Waals surface area contributed by atoms with Crippen LogP contribution in [0.3, 0.4) is 0 Å². The fourth-order valence-corrected chi connectivity index (χ4v) is 3.58. The molecule has 6 nitrogen and oxygen atoms in total. The van der Waals surface area contributed by atoms with Crippen molar-refractivity contribution < 1.29 is 9.47 Å². The van der Waals surface area contributed by atoms with E-state index in [9.17, 15) is 0 Å². The van der Waals surface area contributed by atoms with Gasteiger partial charge in [0.15, 0.2) is 5.96 Å². The molecule has 1 saturated heterocycles. The first-order chi connectivity index (χ1) is 13.2. The number of guanidine groups is 1. The molecule has 1 unspecified atom stereocenters. The summed E-state index contributed by atoms with van der Waals surface area (Å²) in [4.78, 5) is 7.14. The van der Waals surface area contributed by atoms with Crippen LogP contribution in [-0.4, -0.2) is 52.4 Å². The molecule has 28 heavy (non-hydrogen) atoms. The second kappa shape index (κ2) is 11.6. The van der Waals surface area contributed by atoms with Gasteiger partial charge < -0.3 is 25.0 Å². The van der Waals surface area contributed by atoms with Crippen molar-refractivity contribution in [2.75, 3.05) is 45.3 Å². The number of methoxy groups -OCH3 is 2. The maximum Gasteiger partial charge on any atom is 0.191 e. The summed E-state index contributed by atoms with van der Waals surface area (Å²) >= 11 is 0. The highest BCUT2D eigenvalue weighted by atomic mass is 127. The highest BCUT2D eigenvalue weighted by Gasteiger charge is 2.24. The van der Waals surface area contributed by atoms with E-state index in [4.69, 9.17) is 14.5 Å². The molecule has 158 valence electrons. The summed E-state index contributed by atoms with van der Waals surface area (Å²) < 4.78 is 10.8. The van der Waals surface area contributed by atoms with Crippen LogP contribution in [0.1, 0.15) is 39.0 Å². The summed E-state index contributed by atoms with van der Waals surface area (Å²) in [5.41, 5.74) is 1.14. The molecule has 1 aliphatic carbocycles. The Hall–Kier alpha value is -1.38. The van der Waals surface area contributed by atoms with E-state index in [1.165, 1.54) is 25.7 Å². The maximum atomic E-state index is 5.40. The zero-order chi connectivity index (χ0) is 19.1. The van der Waals surface area contributed by atoms with Crippen molar-refractivity contribution in [1.29, 1.82) is 0 Å². The summed E-state index contributed by atoms with van der Waals surface area (Å²) in [6, 6.07) is 6.44. The Balaban J connectivity index is 0.00000280. The standard InChI is InChI=1S/C21H34N4O2.HI/c1-4-22-21(23-10-5-6-16-7-8-16)24-17-9-11-25(15-17)18-12-19(26-2)14-20(13-18)27-3;/h12-14,16-17H,4-11,15H2,1-3H3,(H2,22,23,24);1H. The lowest BCUT2D eigenvalue weighted by Gasteiger charge is -2.21. The van der Waals surface area contributed by atoms with E-state index in [2.05, 4.69) is 34.6 Å². The van der Waals surface area contributed by atoms with E-state index in [1.54, 1.807) is 14.2 Å². The maximum absolute atomic E-state index is 5.40. The van der Waals surface area contributed by atoms with Crippen LogP contribution in [0.25, 0.3) is 0 Å². The Labute approximate surface area is 186 Å². The van der Waals surface area contributed by atoms with Gasteiger partial charge in [-0.05, 0) is 32.1 Å².